The van der Waals surface area contributed by atoms with Crippen LogP contribution >= 0.6 is 11.3 Å². The lowest BCUT2D eigenvalue weighted by Gasteiger charge is -2.31. The minimum absolute atomic E-state index is 0.0769. The molecular weight excluding hydrogens is 360 g/mol. The summed E-state index contributed by atoms with van der Waals surface area (Å²) in [6, 6.07) is 11.1. The van der Waals surface area contributed by atoms with E-state index >= 15 is 0 Å². The Morgan fingerprint density at radius 1 is 1.26 bits per heavy atom. The summed E-state index contributed by atoms with van der Waals surface area (Å²) in [5, 5.41) is 8.93. The van der Waals surface area contributed by atoms with Crippen molar-refractivity contribution < 1.29 is 9.53 Å². The fourth-order valence-electron chi connectivity index (χ4n) is 3.23. The van der Waals surface area contributed by atoms with Gasteiger partial charge in [0.2, 0.25) is 5.88 Å². The molecule has 1 fully saturated rings. The van der Waals surface area contributed by atoms with Gasteiger partial charge in [0.15, 0.2) is 0 Å². The number of rotatable bonds is 4. The van der Waals surface area contributed by atoms with Crippen molar-refractivity contribution in [3.05, 3.63) is 53.2 Å². The predicted octanol–water partition coefficient (Wildman–Crippen LogP) is 3.49. The van der Waals surface area contributed by atoms with Crippen LogP contribution in [0.25, 0.3) is 10.2 Å². The van der Waals surface area contributed by atoms with E-state index in [4.69, 9.17) is 10.00 Å². The molecule has 1 aliphatic heterocycles. The van der Waals surface area contributed by atoms with Crippen molar-refractivity contribution in [1.82, 2.24) is 14.9 Å². The highest BCUT2D eigenvalue weighted by molar-refractivity contribution is 7.16. The van der Waals surface area contributed by atoms with E-state index in [9.17, 15) is 4.79 Å². The molecule has 1 saturated heterocycles. The van der Waals surface area contributed by atoms with E-state index in [1.807, 2.05) is 23.1 Å². The number of hydrogen-bond donors (Lipinski definition) is 0. The lowest BCUT2D eigenvalue weighted by Crippen LogP contribution is -2.39. The van der Waals surface area contributed by atoms with Crippen molar-refractivity contribution >= 4 is 27.5 Å². The van der Waals surface area contributed by atoms with Gasteiger partial charge in [0.1, 0.15) is 0 Å². The molecule has 0 saturated carbocycles. The summed E-state index contributed by atoms with van der Waals surface area (Å²) in [7, 11) is 0. The Kier molecular flexibility index (Phi) is 4.99. The highest BCUT2D eigenvalue weighted by atomic mass is 32.1. The number of amides is 1. The van der Waals surface area contributed by atoms with Gasteiger partial charge in [-0.3, -0.25) is 4.79 Å². The number of pyridine rings is 1. The molecule has 3 aromatic rings. The first-order valence-corrected chi connectivity index (χ1v) is 9.72. The maximum atomic E-state index is 12.8. The van der Waals surface area contributed by atoms with Crippen molar-refractivity contribution in [2.75, 3.05) is 19.7 Å². The van der Waals surface area contributed by atoms with E-state index in [1.165, 1.54) is 0 Å². The molecule has 3 heterocycles. The average molecular weight is 378 g/mol. The molecule has 0 atom stereocenters. The predicted molar refractivity (Wildman–Crippen MR) is 103 cm³/mol. The van der Waals surface area contributed by atoms with Crippen LogP contribution in [0.4, 0.5) is 0 Å². The summed E-state index contributed by atoms with van der Waals surface area (Å²) in [5.74, 6) is 0.934. The van der Waals surface area contributed by atoms with E-state index in [1.54, 1.807) is 35.2 Å². The molecule has 0 radical (unpaired) electrons. The van der Waals surface area contributed by atoms with Crippen LogP contribution < -0.4 is 4.74 Å². The molecule has 4 rings (SSSR count). The van der Waals surface area contributed by atoms with Crippen molar-refractivity contribution in [3.63, 3.8) is 0 Å². The summed E-state index contributed by atoms with van der Waals surface area (Å²) in [6.07, 6.45) is 3.37. The maximum Gasteiger partial charge on any atom is 0.253 e. The van der Waals surface area contributed by atoms with E-state index in [2.05, 4.69) is 16.0 Å². The zero-order chi connectivity index (χ0) is 18.6. The third-order valence-electron chi connectivity index (χ3n) is 4.81. The maximum absolute atomic E-state index is 12.8. The minimum Gasteiger partial charge on any atom is -0.477 e. The van der Waals surface area contributed by atoms with Gasteiger partial charge in [0, 0.05) is 30.9 Å². The molecule has 27 heavy (non-hydrogen) atoms. The van der Waals surface area contributed by atoms with E-state index < -0.39 is 0 Å². The van der Waals surface area contributed by atoms with Gasteiger partial charge in [-0.1, -0.05) is 0 Å². The number of thiazole rings is 1. The van der Waals surface area contributed by atoms with Crippen molar-refractivity contribution in [3.8, 4) is 11.9 Å². The smallest absolute Gasteiger partial charge is 0.253 e. The molecule has 136 valence electrons. The molecule has 0 bridgehead atoms. The normalized spacial score (nSPS) is 14.9. The number of aromatic nitrogens is 2. The van der Waals surface area contributed by atoms with Crippen LogP contribution in [-0.4, -0.2) is 40.5 Å². The summed E-state index contributed by atoms with van der Waals surface area (Å²) in [4.78, 5) is 23.1. The molecule has 7 heteroatoms. The van der Waals surface area contributed by atoms with E-state index in [-0.39, 0.29) is 5.91 Å². The number of benzene rings is 1. The fourth-order valence-corrected chi connectivity index (χ4v) is 3.95. The van der Waals surface area contributed by atoms with Crippen molar-refractivity contribution in [1.29, 1.82) is 5.26 Å². The van der Waals surface area contributed by atoms with Gasteiger partial charge in [-0.25, -0.2) is 9.97 Å². The van der Waals surface area contributed by atoms with Crippen LogP contribution in [0.3, 0.4) is 0 Å². The lowest BCUT2D eigenvalue weighted by atomic mass is 9.97. The molecule has 6 nitrogen and oxygen atoms in total. The number of likely N-dealkylation sites (tertiary alicyclic amines) is 1. The highest BCUT2D eigenvalue weighted by Crippen LogP contribution is 2.23. The number of nitriles is 1. The van der Waals surface area contributed by atoms with Crippen LogP contribution in [0.2, 0.25) is 0 Å². The Morgan fingerprint density at radius 2 is 2.11 bits per heavy atom. The Bertz CT molecular complexity index is 1000. The fraction of sp³-hybridized carbons (Fsp3) is 0.300. The highest BCUT2D eigenvalue weighted by Gasteiger charge is 2.24. The Labute approximate surface area is 161 Å². The van der Waals surface area contributed by atoms with Gasteiger partial charge in [0.25, 0.3) is 5.91 Å². The number of fused-ring (bicyclic) bond motifs is 1. The summed E-state index contributed by atoms with van der Waals surface area (Å²) >= 11 is 1.55. The topological polar surface area (TPSA) is 79.1 Å². The Morgan fingerprint density at radius 3 is 2.93 bits per heavy atom. The van der Waals surface area contributed by atoms with Gasteiger partial charge in [-0.15, -0.1) is 11.3 Å². The second-order valence-electron chi connectivity index (χ2n) is 6.58. The van der Waals surface area contributed by atoms with Crippen molar-refractivity contribution in [2.24, 2.45) is 5.92 Å². The van der Waals surface area contributed by atoms with E-state index in [0.29, 0.717) is 24.0 Å². The van der Waals surface area contributed by atoms with Crippen LogP contribution in [0.15, 0.2) is 42.0 Å². The van der Waals surface area contributed by atoms with Gasteiger partial charge in [0.05, 0.1) is 34.0 Å². The van der Waals surface area contributed by atoms with Crippen LogP contribution in [0.1, 0.15) is 28.8 Å². The SMILES string of the molecule is N#Cc1ccnc(OCC2CCN(C(=O)c3ccc4ncsc4c3)CC2)c1. The molecule has 0 unspecified atom stereocenters. The molecule has 0 spiro atoms. The van der Waals surface area contributed by atoms with Gasteiger partial charge < -0.3 is 9.64 Å². The standard InChI is InChI=1S/C20H18N4O2S/c21-11-15-3-6-22-19(9-15)26-12-14-4-7-24(8-5-14)20(25)16-1-2-17-18(10-16)27-13-23-17/h1-3,6,9-10,13-14H,4-5,7-8,12H2. The number of ether oxygens (including phenoxy) is 1. The molecule has 0 N–H and O–H groups in total. The van der Waals surface area contributed by atoms with Crippen LogP contribution in [-0.2, 0) is 0 Å². The summed E-state index contributed by atoms with van der Waals surface area (Å²) in [6.45, 7) is 2.00. The van der Waals surface area contributed by atoms with Gasteiger partial charge >= 0.3 is 0 Å². The molecule has 1 aliphatic rings. The first-order chi connectivity index (χ1) is 13.2. The third-order valence-corrected chi connectivity index (χ3v) is 5.60. The number of piperidine rings is 1. The second-order valence-corrected chi connectivity index (χ2v) is 7.46. The lowest BCUT2D eigenvalue weighted by molar-refractivity contribution is 0.0659. The number of carbonyl (C=O) groups excluding carboxylic acids is 1. The number of hydrogen-bond acceptors (Lipinski definition) is 6. The zero-order valence-corrected chi connectivity index (χ0v) is 15.5. The second kappa shape index (κ2) is 7.72. The van der Waals surface area contributed by atoms with Crippen LogP contribution in [0, 0.1) is 17.2 Å². The minimum atomic E-state index is 0.0769. The largest absolute Gasteiger partial charge is 0.477 e. The summed E-state index contributed by atoms with van der Waals surface area (Å²) in [5.41, 5.74) is 3.99. The van der Waals surface area contributed by atoms with Crippen molar-refractivity contribution in [2.45, 2.75) is 12.8 Å². The first kappa shape index (κ1) is 17.4. The van der Waals surface area contributed by atoms with Crippen LogP contribution in [0.5, 0.6) is 5.88 Å². The number of nitrogens with zero attached hydrogens (tertiary/aromatic N) is 4. The molecule has 1 aromatic carbocycles. The Balaban J connectivity index is 1.31. The molecule has 0 aliphatic carbocycles. The molecular formula is C20H18N4O2S. The molecule has 2 aromatic heterocycles. The van der Waals surface area contributed by atoms with Gasteiger partial charge in [-0.05, 0) is 43.0 Å². The average Bonchev–Trinajstić information content (AvgIpc) is 3.20. The first-order valence-electron chi connectivity index (χ1n) is 8.84. The quantitative estimate of drug-likeness (QED) is 0.694. The van der Waals surface area contributed by atoms with Gasteiger partial charge in [-0.2, -0.15) is 5.26 Å². The Hall–Kier alpha value is -2.98. The monoisotopic (exact) mass is 378 g/mol. The number of carbonyl (C=O) groups is 1. The van der Waals surface area contributed by atoms with E-state index in [0.717, 1.165) is 41.7 Å². The summed E-state index contributed by atoms with van der Waals surface area (Å²) < 4.78 is 6.77. The third kappa shape index (κ3) is 3.91. The molecule has 1 amide bonds. The zero-order valence-electron chi connectivity index (χ0n) is 14.7.